The van der Waals surface area contributed by atoms with Gasteiger partial charge in [0, 0.05) is 30.7 Å². The maximum absolute atomic E-state index is 12.9. The summed E-state index contributed by atoms with van der Waals surface area (Å²) in [4.78, 5) is 30.1. The number of amides is 2. The van der Waals surface area contributed by atoms with E-state index in [1.165, 1.54) is 11.8 Å². The van der Waals surface area contributed by atoms with E-state index >= 15 is 0 Å². The lowest BCUT2D eigenvalue weighted by Gasteiger charge is -2.36. The zero-order valence-corrected chi connectivity index (χ0v) is 31.4. The van der Waals surface area contributed by atoms with Crippen molar-refractivity contribution in [3.8, 4) is 11.1 Å². The van der Waals surface area contributed by atoms with Gasteiger partial charge in [-0.2, -0.15) is 0 Å². The molecular weight excluding hydrogens is 719 g/mol. The van der Waals surface area contributed by atoms with Crippen LogP contribution < -0.4 is 10.6 Å². The van der Waals surface area contributed by atoms with Crippen molar-refractivity contribution in [2.24, 2.45) is 0 Å². The van der Waals surface area contributed by atoms with Crippen molar-refractivity contribution >= 4 is 45.3 Å². The van der Waals surface area contributed by atoms with Crippen molar-refractivity contribution in [3.05, 3.63) is 155 Å². The molecule has 0 radical (unpaired) electrons. The number of benzene rings is 5. The van der Waals surface area contributed by atoms with Crippen LogP contribution in [0.1, 0.15) is 46.6 Å². The number of carbonyl (C=O) groups is 2. The fourth-order valence-electron chi connectivity index (χ4n) is 6.40. The van der Waals surface area contributed by atoms with E-state index in [1.807, 2.05) is 115 Å². The normalized spacial score (nSPS) is 17.5. The van der Waals surface area contributed by atoms with Crippen molar-refractivity contribution in [2.45, 2.75) is 54.9 Å². The van der Waals surface area contributed by atoms with Crippen LogP contribution in [0.25, 0.3) is 21.3 Å². The van der Waals surface area contributed by atoms with Crippen LogP contribution in [0.15, 0.2) is 132 Å². The maximum Gasteiger partial charge on any atom is 0.328 e. The molecular formula is C43H41N3O6S2. The van der Waals surface area contributed by atoms with Gasteiger partial charge in [-0.05, 0) is 57.6 Å². The number of hydrogen-bond acceptors (Lipinski definition) is 9. The molecule has 0 bridgehead atoms. The highest BCUT2D eigenvalue weighted by Crippen LogP contribution is 2.41. The molecule has 1 fully saturated rings. The molecule has 1 aliphatic heterocycles. The second-order valence-corrected chi connectivity index (χ2v) is 15.3. The summed E-state index contributed by atoms with van der Waals surface area (Å²) in [7, 11) is 1.31. The Hall–Kier alpha value is -5.04. The van der Waals surface area contributed by atoms with Crippen LogP contribution in [0.5, 0.6) is 0 Å². The Balaban J connectivity index is 1.04. The predicted octanol–water partition coefficient (Wildman–Crippen LogP) is 8.38. The van der Waals surface area contributed by atoms with Crippen LogP contribution in [0.4, 0.5) is 4.79 Å². The van der Waals surface area contributed by atoms with Gasteiger partial charge in [0.1, 0.15) is 6.04 Å². The van der Waals surface area contributed by atoms with E-state index in [0.717, 1.165) is 54.6 Å². The number of aromatic nitrogens is 1. The molecule has 0 spiro atoms. The molecule has 0 aliphatic carbocycles. The van der Waals surface area contributed by atoms with Crippen LogP contribution >= 0.6 is 23.1 Å². The minimum atomic E-state index is -0.819. The summed E-state index contributed by atoms with van der Waals surface area (Å²) in [6.07, 6.45) is 0.101. The summed E-state index contributed by atoms with van der Waals surface area (Å²) in [5, 5.41) is 15.2. The molecule has 276 valence electrons. The molecule has 3 N–H and O–H groups in total. The van der Waals surface area contributed by atoms with Crippen LogP contribution in [0.3, 0.4) is 0 Å². The monoisotopic (exact) mass is 759 g/mol. The van der Waals surface area contributed by atoms with Crippen molar-refractivity contribution in [2.75, 3.05) is 12.9 Å². The number of carbonyl (C=O) groups excluding carboxylic acids is 2. The van der Waals surface area contributed by atoms with Gasteiger partial charge in [0.05, 0.1) is 36.1 Å². The number of urea groups is 1. The first-order valence-electron chi connectivity index (χ1n) is 17.8. The van der Waals surface area contributed by atoms with E-state index in [-0.39, 0.29) is 25.4 Å². The number of rotatable bonds is 13. The maximum atomic E-state index is 12.9. The quantitative estimate of drug-likeness (QED) is 0.0794. The minimum Gasteiger partial charge on any atom is -0.467 e. The Morgan fingerprint density at radius 3 is 2.37 bits per heavy atom. The SMILES string of the molecule is COC(=O)[C@H](Cc1ccccc1)NC(=O)NCc1cccc(-c2cccc([C@H]3O[C@@H](CSc4nc5ccccc5s4)C[C@@H](c4ccc(CO)cc4)O3)c2)c1. The molecule has 11 heteroatoms. The lowest BCUT2D eigenvalue weighted by Crippen LogP contribution is -2.47. The van der Waals surface area contributed by atoms with Crippen molar-refractivity contribution < 1.29 is 28.9 Å². The third-order valence-corrected chi connectivity index (χ3v) is 11.5. The van der Waals surface area contributed by atoms with E-state index in [4.69, 9.17) is 19.2 Å². The summed E-state index contributed by atoms with van der Waals surface area (Å²) in [6, 6.07) is 40.4. The highest BCUT2D eigenvalue weighted by atomic mass is 32.2. The molecule has 1 aromatic heterocycles. The van der Waals surface area contributed by atoms with E-state index in [9.17, 15) is 14.7 Å². The minimum absolute atomic E-state index is 0.0131. The van der Waals surface area contributed by atoms with Crippen molar-refractivity contribution in [1.29, 1.82) is 0 Å². The number of esters is 1. The highest BCUT2D eigenvalue weighted by Gasteiger charge is 2.32. The summed E-state index contributed by atoms with van der Waals surface area (Å²) in [6.45, 7) is 0.249. The number of thiazole rings is 1. The van der Waals surface area contributed by atoms with Gasteiger partial charge < -0.3 is 30.0 Å². The number of para-hydroxylation sites is 1. The van der Waals surface area contributed by atoms with Gasteiger partial charge in [-0.15, -0.1) is 11.3 Å². The average Bonchev–Trinajstić information content (AvgIpc) is 3.65. The van der Waals surface area contributed by atoms with E-state index in [2.05, 4.69) is 22.8 Å². The predicted molar refractivity (Wildman–Crippen MR) is 212 cm³/mol. The smallest absolute Gasteiger partial charge is 0.328 e. The molecule has 2 amide bonds. The highest BCUT2D eigenvalue weighted by molar-refractivity contribution is 8.01. The summed E-state index contributed by atoms with van der Waals surface area (Å²) in [5.74, 6) is 0.214. The molecule has 1 saturated heterocycles. The topological polar surface area (TPSA) is 119 Å². The lowest BCUT2D eigenvalue weighted by molar-refractivity contribution is -0.245. The summed E-state index contributed by atoms with van der Waals surface area (Å²) < 4.78 is 20.4. The van der Waals surface area contributed by atoms with Gasteiger partial charge >= 0.3 is 12.0 Å². The van der Waals surface area contributed by atoms with E-state index in [0.29, 0.717) is 12.8 Å². The zero-order chi connectivity index (χ0) is 37.3. The first-order chi connectivity index (χ1) is 26.4. The molecule has 0 unspecified atom stereocenters. The Morgan fingerprint density at radius 1 is 0.852 bits per heavy atom. The van der Waals surface area contributed by atoms with Gasteiger partial charge in [-0.1, -0.05) is 115 Å². The summed E-state index contributed by atoms with van der Waals surface area (Å²) >= 11 is 3.39. The third kappa shape index (κ3) is 9.54. The molecule has 7 rings (SSSR count). The average molecular weight is 760 g/mol. The van der Waals surface area contributed by atoms with Crippen LogP contribution in [0.2, 0.25) is 0 Å². The first-order valence-corrected chi connectivity index (χ1v) is 19.6. The Kier molecular flexibility index (Phi) is 12.3. The number of thioether (sulfide) groups is 1. The largest absolute Gasteiger partial charge is 0.467 e. The molecule has 6 aromatic rings. The third-order valence-electron chi connectivity index (χ3n) is 9.23. The zero-order valence-electron chi connectivity index (χ0n) is 29.7. The standard InChI is InChI=1S/C43H41N3O6S2/c1-50-40(48)37(22-28-9-3-2-4-10-28)45-42(49)44-25-30-11-7-12-32(21-30)33-13-8-14-34(23-33)41-51-35(24-38(52-41)31-19-17-29(26-47)18-20-31)27-53-43-46-36-15-5-6-16-39(36)54-43/h2-21,23,35,37-38,41,47H,22,24-27H2,1H3,(H2,44,45,49)/t35-,37+,38+,41+/m1/s1. The Labute approximate surface area is 322 Å². The number of nitrogens with zero attached hydrogens (tertiary/aromatic N) is 1. The number of aliphatic hydroxyl groups excluding tert-OH is 1. The first kappa shape index (κ1) is 37.3. The number of fused-ring (bicyclic) bond motifs is 1. The van der Waals surface area contributed by atoms with Gasteiger partial charge in [-0.3, -0.25) is 0 Å². The second kappa shape index (κ2) is 17.9. The molecule has 0 saturated carbocycles. The van der Waals surface area contributed by atoms with E-state index < -0.39 is 24.3 Å². The lowest BCUT2D eigenvalue weighted by atomic mass is 9.99. The van der Waals surface area contributed by atoms with Crippen LogP contribution in [-0.4, -0.2) is 47.1 Å². The van der Waals surface area contributed by atoms with Crippen LogP contribution in [0, 0.1) is 0 Å². The Bertz CT molecular complexity index is 2140. The molecule has 54 heavy (non-hydrogen) atoms. The van der Waals surface area contributed by atoms with Crippen molar-refractivity contribution in [3.63, 3.8) is 0 Å². The van der Waals surface area contributed by atoms with Gasteiger partial charge in [0.25, 0.3) is 0 Å². The number of hydrogen-bond donors (Lipinski definition) is 3. The molecule has 5 aromatic carbocycles. The second-order valence-electron chi connectivity index (χ2n) is 13.0. The fraction of sp³-hybridized carbons (Fsp3) is 0.233. The fourth-order valence-corrected chi connectivity index (χ4v) is 8.51. The van der Waals surface area contributed by atoms with E-state index in [1.54, 1.807) is 23.1 Å². The van der Waals surface area contributed by atoms with Gasteiger partial charge in [0.2, 0.25) is 0 Å². The van der Waals surface area contributed by atoms with Gasteiger partial charge in [0.15, 0.2) is 10.6 Å². The molecule has 2 heterocycles. The Morgan fingerprint density at radius 2 is 1.59 bits per heavy atom. The number of ether oxygens (including phenoxy) is 3. The van der Waals surface area contributed by atoms with Crippen LogP contribution in [-0.2, 0) is 38.6 Å². The molecule has 1 aliphatic rings. The number of nitrogens with one attached hydrogen (secondary N) is 2. The number of methoxy groups -OCH3 is 1. The summed E-state index contributed by atoms with van der Waals surface area (Å²) in [5.41, 5.74) is 7.56. The molecule has 9 nitrogen and oxygen atoms in total. The number of aliphatic hydroxyl groups is 1. The van der Waals surface area contributed by atoms with Crippen molar-refractivity contribution in [1.82, 2.24) is 15.6 Å². The van der Waals surface area contributed by atoms with Gasteiger partial charge in [-0.25, -0.2) is 14.6 Å². The molecule has 4 atom stereocenters.